The summed E-state index contributed by atoms with van der Waals surface area (Å²) in [4.78, 5) is 22.5. The maximum atomic E-state index is 12.0. The first-order chi connectivity index (χ1) is 17.2. The summed E-state index contributed by atoms with van der Waals surface area (Å²) in [7, 11) is 2.30. The van der Waals surface area contributed by atoms with Crippen LogP contribution in [-0.2, 0) is 0 Å². The molecule has 1 aliphatic heterocycles. The van der Waals surface area contributed by atoms with Crippen molar-refractivity contribution in [3.8, 4) is 12.3 Å². The third-order valence-electron chi connectivity index (χ3n) is 5.98. The molecule has 0 radical (unpaired) electrons. The minimum atomic E-state index is -0.318. The van der Waals surface area contributed by atoms with E-state index in [0.29, 0.717) is 11.3 Å². The van der Waals surface area contributed by atoms with Crippen LogP contribution in [0.15, 0.2) is 63.4 Å². The van der Waals surface area contributed by atoms with E-state index in [9.17, 15) is 4.79 Å². The molecule has 2 heterocycles. The van der Waals surface area contributed by atoms with E-state index in [4.69, 9.17) is 4.42 Å². The first-order valence-electron chi connectivity index (χ1n) is 12.4. The fraction of sp³-hybridized carbons (Fsp3) is 0.483. The second-order valence-corrected chi connectivity index (χ2v) is 9.02. The lowest BCUT2D eigenvalue weighted by Crippen LogP contribution is -2.23. The number of allylic oxidation sites excluding steroid dienone is 6. The van der Waals surface area contributed by atoms with Crippen LogP contribution < -0.4 is 10.9 Å². The summed E-state index contributed by atoms with van der Waals surface area (Å²) in [6.45, 7) is 23.9. The van der Waals surface area contributed by atoms with Gasteiger partial charge in [0.15, 0.2) is 5.69 Å². The van der Waals surface area contributed by atoms with Gasteiger partial charge in [-0.2, -0.15) is 0 Å². The minimum absolute atomic E-state index is 0.237. The smallest absolute Gasteiger partial charge is 0.277 e. The summed E-state index contributed by atoms with van der Waals surface area (Å²) < 4.78 is 5.00. The van der Waals surface area contributed by atoms with Crippen molar-refractivity contribution in [1.82, 2.24) is 15.2 Å². The van der Waals surface area contributed by atoms with Crippen LogP contribution in [0.3, 0.4) is 0 Å². The molecule has 1 aromatic heterocycles. The standard InChI is InChI=1S/C15H19N2O2P.C11H22N2.C3H4/c1-5-10(3)7-8-12(11(4)6-2)16-14(18)13-9-19-15(20)17-13;1-4-10-8-13(7-6-12-3)9-11(10)5-2;1-3-2/h5-9H,2,20H2,1,3-4H3,(H,16,18);10-11H,3-9H2,1-2H3;1H,2H3/b8-7+,10-5+,12-11+;;. The molecule has 1 amide bonds. The van der Waals surface area contributed by atoms with Gasteiger partial charge in [-0.05, 0) is 67.1 Å². The van der Waals surface area contributed by atoms with E-state index in [1.54, 1.807) is 13.0 Å². The number of oxazole rings is 1. The Morgan fingerprint density at radius 2 is 1.92 bits per heavy atom. The SMILES string of the molecule is C#CC.C=C\C(C)=C(/C=C/C(C)=C/C)NC(=O)c1coc(P)n1.C=NCCN1CC(CC)C(CC)C1. The summed E-state index contributed by atoms with van der Waals surface area (Å²) in [6.07, 6.45) is 16.0. The number of carbonyl (C=O) groups excluding carboxylic acids is 1. The van der Waals surface area contributed by atoms with Crippen LogP contribution in [0.25, 0.3) is 0 Å². The van der Waals surface area contributed by atoms with E-state index < -0.39 is 0 Å². The number of nitrogens with zero attached hydrogens (tertiary/aromatic N) is 3. The second kappa shape index (κ2) is 19.4. The monoisotopic (exact) mass is 512 g/mol. The van der Waals surface area contributed by atoms with Gasteiger partial charge in [0.25, 0.3) is 5.91 Å². The molecule has 1 fully saturated rings. The van der Waals surface area contributed by atoms with E-state index in [2.05, 4.69) is 68.9 Å². The van der Waals surface area contributed by atoms with Gasteiger partial charge in [-0.15, -0.1) is 12.3 Å². The van der Waals surface area contributed by atoms with E-state index in [-0.39, 0.29) is 11.6 Å². The molecule has 3 unspecified atom stereocenters. The molecule has 198 valence electrons. The Hall–Kier alpha value is -2.74. The molecule has 2 rings (SSSR count). The summed E-state index contributed by atoms with van der Waals surface area (Å²) >= 11 is 0. The molecule has 1 aromatic rings. The molecule has 3 atom stereocenters. The maximum Gasteiger partial charge on any atom is 0.277 e. The zero-order valence-corrected chi connectivity index (χ0v) is 24.2. The Bertz CT molecular complexity index is 941. The number of likely N-dealkylation sites (tertiary alicyclic amines) is 1. The van der Waals surface area contributed by atoms with Crippen LogP contribution in [0.5, 0.6) is 0 Å². The number of aliphatic imine (C=N–C) groups is 1. The molecule has 1 N–H and O–H groups in total. The Labute approximate surface area is 221 Å². The van der Waals surface area contributed by atoms with Crippen LogP contribution >= 0.6 is 9.24 Å². The topological polar surface area (TPSA) is 70.7 Å². The quantitative estimate of drug-likeness (QED) is 0.192. The largest absolute Gasteiger partial charge is 0.445 e. The van der Waals surface area contributed by atoms with E-state index in [0.717, 1.165) is 36.1 Å². The van der Waals surface area contributed by atoms with Crippen molar-refractivity contribution in [2.75, 3.05) is 26.2 Å². The van der Waals surface area contributed by atoms with Crippen molar-refractivity contribution in [2.45, 2.75) is 54.4 Å². The van der Waals surface area contributed by atoms with Gasteiger partial charge in [0.05, 0.1) is 6.54 Å². The zero-order chi connectivity index (χ0) is 27.5. The van der Waals surface area contributed by atoms with Crippen molar-refractivity contribution < 1.29 is 9.21 Å². The summed E-state index contributed by atoms with van der Waals surface area (Å²) in [5, 5.41) is 2.80. The summed E-state index contributed by atoms with van der Waals surface area (Å²) in [5.74, 6) is 3.78. The van der Waals surface area contributed by atoms with Gasteiger partial charge < -0.3 is 14.6 Å². The molecule has 0 aromatic carbocycles. The van der Waals surface area contributed by atoms with Crippen LogP contribution in [0.1, 0.15) is 64.9 Å². The van der Waals surface area contributed by atoms with Gasteiger partial charge in [-0.25, -0.2) is 4.98 Å². The first kappa shape index (κ1) is 33.3. The molecule has 1 saturated heterocycles. The van der Waals surface area contributed by atoms with Crippen molar-refractivity contribution in [1.29, 1.82) is 0 Å². The van der Waals surface area contributed by atoms with Gasteiger partial charge in [0.2, 0.25) is 5.63 Å². The van der Waals surface area contributed by atoms with Crippen LogP contribution in [-0.4, -0.2) is 48.7 Å². The average molecular weight is 513 g/mol. The lowest BCUT2D eigenvalue weighted by molar-refractivity contribution is 0.0962. The molecule has 0 bridgehead atoms. The Balaban J connectivity index is 0.000000657. The molecule has 6 nitrogen and oxygen atoms in total. The number of hydrogen-bond acceptors (Lipinski definition) is 5. The predicted octanol–water partition coefficient (Wildman–Crippen LogP) is 5.58. The summed E-state index contributed by atoms with van der Waals surface area (Å²) in [5.41, 5.74) is 3.26. The second-order valence-electron chi connectivity index (χ2n) is 8.52. The van der Waals surface area contributed by atoms with Crippen LogP contribution in [0, 0.1) is 24.2 Å². The lowest BCUT2D eigenvalue weighted by Gasteiger charge is -2.13. The number of terminal acetylenes is 1. The average Bonchev–Trinajstić information content (AvgIpc) is 3.50. The van der Waals surface area contributed by atoms with E-state index in [1.807, 2.05) is 39.0 Å². The molecule has 0 saturated carbocycles. The minimum Gasteiger partial charge on any atom is -0.445 e. The number of hydrogen-bond donors (Lipinski definition) is 1. The predicted molar refractivity (Wildman–Crippen MR) is 158 cm³/mol. The van der Waals surface area contributed by atoms with Crippen LogP contribution in [0.4, 0.5) is 0 Å². The third-order valence-corrected chi connectivity index (χ3v) is 6.24. The Morgan fingerprint density at radius 3 is 2.33 bits per heavy atom. The fourth-order valence-corrected chi connectivity index (χ4v) is 3.83. The zero-order valence-electron chi connectivity index (χ0n) is 23.0. The maximum absolute atomic E-state index is 12.0. The number of aromatic nitrogens is 1. The number of nitrogens with one attached hydrogen (secondary N) is 1. The molecule has 1 aliphatic rings. The van der Waals surface area contributed by atoms with Gasteiger partial charge >= 0.3 is 0 Å². The van der Waals surface area contributed by atoms with Crippen molar-refractivity contribution >= 4 is 27.5 Å². The molecule has 7 heteroatoms. The molecule has 36 heavy (non-hydrogen) atoms. The van der Waals surface area contributed by atoms with Crippen LogP contribution in [0.2, 0.25) is 0 Å². The highest BCUT2D eigenvalue weighted by Gasteiger charge is 2.29. The van der Waals surface area contributed by atoms with Gasteiger partial charge in [-0.1, -0.05) is 57.1 Å². The van der Waals surface area contributed by atoms with Gasteiger partial charge in [0.1, 0.15) is 6.26 Å². The van der Waals surface area contributed by atoms with Gasteiger partial charge in [0, 0.05) is 25.3 Å². The number of amides is 1. The Kier molecular flexibility index (Phi) is 18.0. The highest BCUT2D eigenvalue weighted by atomic mass is 31.0. The molecular weight excluding hydrogens is 467 g/mol. The normalized spacial score (nSPS) is 18.2. The highest BCUT2D eigenvalue weighted by molar-refractivity contribution is 7.26. The number of carbonyl (C=O) groups is 1. The summed E-state index contributed by atoms with van der Waals surface area (Å²) in [6, 6.07) is 0. The molecule has 0 spiro atoms. The highest BCUT2D eigenvalue weighted by Crippen LogP contribution is 2.27. The first-order valence-corrected chi connectivity index (χ1v) is 13.0. The number of rotatable bonds is 10. The van der Waals surface area contributed by atoms with Crippen molar-refractivity contribution in [3.63, 3.8) is 0 Å². The van der Waals surface area contributed by atoms with Crippen molar-refractivity contribution in [2.24, 2.45) is 16.8 Å². The fourth-order valence-electron chi connectivity index (χ4n) is 3.63. The van der Waals surface area contributed by atoms with Crippen molar-refractivity contribution in [3.05, 3.63) is 59.7 Å². The molecule has 0 aliphatic carbocycles. The molecular formula is C29H45N4O2P. The van der Waals surface area contributed by atoms with E-state index >= 15 is 0 Å². The lowest BCUT2D eigenvalue weighted by atomic mass is 9.92. The van der Waals surface area contributed by atoms with E-state index in [1.165, 1.54) is 32.2 Å². The third kappa shape index (κ3) is 12.8. The Morgan fingerprint density at radius 1 is 1.33 bits per heavy atom. The van der Waals surface area contributed by atoms with Gasteiger partial charge in [-0.3, -0.25) is 9.79 Å².